The fraction of sp³-hybridized carbons (Fsp3) is 0.273. The Morgan fingerprint density at radius 1 is 1.50 bits per heavy atom. The molecule has 0 saturated carbocycles. The monoisotopic (exact) mass is 209 g/mol. The minimum atomic E-state index is 0.291. The van der Waals surface area contributed by atoms with Crippen molar-refractivity contribution in [2.24, 2.45) is 0 Å². The average Bonchev–Trinajstić information content (AvgIpc) is 2.63. The lowest BCUT2D eigenvalue weighted by molar-refractivity contribution is 0.315. The summed E-state index contributed by atoms with van der Waals surface area (Å²) in [7, 11) is 0. The van der Waals surface area contributed by atoms with Crippen molar-refractivity contribution in [1.29, 1.82) is 0 Å². The molecule has 1 aliphatic heterocycles. The maximum absolute atomic E-state index is 5.52. The lowest BCUT2D eigenvalue weighted by Crippen LogP contribution is -2.22. The van der Waals surface area contributed by atoms with Gasteiger partial charge in [0.1, 0.15) is 12.4 Å². The second kappa shape index (κ2) is 4.49. The maximum Gasteiger partial charge on any atom is 0.124 e. The number of nitrogens with one attached hydrogen (secondary N) is 1. The molecule has 0 radical (unpaired) electrons. The molecule has 1 heterocycles. The van der Waals surface area contributed by atoms with E-state index in [4.69, 9.17) is 16.3 Å². The highest BCUT2D eigenvalue weighted by Crippen LogP contribution is 2.31. The summed E-state index contributed by atoms with van der Waals surface area (Å²) in [5, 5.41) is 3.34. The third-order valence-electron chi connectivity index (χ3n) is 2.27. The second-order valence-electron chi connectivity index (χ2n) is 3.17. The van der Waals surface area contributed by atoms with Crippen molar-refractivity contribution in [3.8, 4) is 5.75 Å². The van der Waals surface area contributed by atoms with Crippen molar-refractivity contribution in [3.63, 3.8) is 0 Å². The lowest BCUT2D eigenvalue weighted by Gasteiger charge is -2.08. The van der Waals surface area contributed by atoms with Crippen LogP contribution in [0, 0.1) is 0 Å². The topological polar surface area (TPSA) is 21.3 Å². The fourth-order valence-electron chi connectivity index (χ4n) is 1.59. The lowest BCUT2D eigenvalue weighted by atomic mass is 10.1. The summed E-state index contributed by atoms with van der Waals surface area (Å²) >= 11 is 5.44. The highest BCUT2D eigenvalue weighted by atomic mass is 35.5. The Hall–Kier alpha value is -0.990. The van der Waals surface area contributed by atoms with Gasteiger partial charge in [-0.05, 0) is 6.07 Å². The normalized spacial score (nSPS) is 19.6. The van der Waals surface area contributed by atoms with Gasteiger partial charge >= 0.3 is 0 Å². The summed E-state index contributed by atoms with van der Waals surface area (Å²) in [6.07, 6.45) is 1.88. The molecular weight excluding hydrogens is 198 g/mol. The van der Waals surface area contributed by atoms with E-state index in [1.807, 2.05) is 24.3 Å². The Balaban J connectivity index is 2.03. The smallest absolute Gasteiger partial charge is 0.124 e. The van der Waals surface area contributed by atoms with Gasteiger partial charge in [0.15, 0.2) is 0 Å². The summed E-state index contributed by atoms with van der Waals surface area (Å²) in [6, 6.07) is 8.39. The zero-order valence-corrected chi connectivity index (χ0v) is 8.50. The Bertz CT molecular complexity index is 338. The van der Waals surface area contributed by atoms with E-state index in [-0.39, 0.29) is 0 Å². The third-order valence-corrected chi connectivity index (χ3v) is 2.45. The van der Waals surface area contributed by atoms with E-state index in [0.717, 1.165) is 12.3 Å². The number of hydrogen-bond donors (Lipinski definition) is 1. The number of rotatable bonds is 3. The summed E-state index contributed by atoms with van der Waals surface area (Å²) in [4.78, 5) is 0. The molecule has 0 spiro atoms. The predicted molar refractivity (Wildman–Crippen MR) is 57.7 cm³/mol. The van der Waals surface area contributed by atoms with Gasteiger partial charge in [0.2, 0.25) is 0 Å². The molecule has 3 heteroatoms. The summed E-state index contributed by atoms with van der Waals surface area (Å²) in [5.41, 5.74) is 2.75. The van der Waals surface area contributed by atoms with Gasteiger partial charge in [0.25, 0.3) is 0 Å². The molecule has 1 N–H and O–H groups in total. The van der Waals surface area contributed by atoms with Gasteiger partial charge in [0, 0.05) is 17.6 Å². The largest absolute Gasteiger partial charge is 0.491 e. The Labute approximate surface area is 88.5 Å². The number of halogens is 1. The van der Waals surface area contributed by atoms with Crippen LogP contribution in [0.25, 0.3) is 0 Å². The van der Waals surface area contributed by atoms with E-state index in [9.17, 15) is 0 Å². The first kappa shape index (κ1) is 9.56. The van der Waals surface area contributed by atoms with Gasteiger partial charge < -0.3 is 10.1 Å². The van der Waals surface area contributed by atoms with Crippen LogP contribution in [0.5, 0.6) is 5.75 Å². The van der Waals surface area contributed by atoms with E-state index < -0.39 is 0 Å². The van der Waals surface area contributed by atoms with Crippen molar-refractivity contribution >= 4 is 11.6 Å². The van der Waals surface area contributed by atoms with Gasteiger partial charge in [-0.3, -0.25) is 0 Å². The molecule has 1 aliphatic rings. The van der Waals surface area contributed by atoms with Crippen molar-refractivity contribution in [3.05, 3.63) is 41.4 Å². The van der Waals surface area contributed by atoms with Crippen molar-refractivity contribution in [1.82, 2.24) is 5.32 Å². The molecule has 1 unspecified atom stereocenters. The van der Waals surface area contributed by atoms with E-state index >= 15 is 0 Å². The Morgan fingerprint density at radius 2 is 2.36 bits per heavy atom. The van der Waals surface area contributed by atoms with Crippen LogP contribution in [-0.4, -0.2) is 13.2 Å². The van der Waals surface area contributed by atoms with Crippen LogP contribution in [-0.2, 0) is 0 Å². The molecule has 74 valence electrons. The van der Waals surface area contributed by atoms with Crippen LogP contribution in [0.1, 0.15) is 11.6 Å². The quantitative estimate of drug-likeness (QED) is 0.826. The molecule has 0 saturated heterocycles. The fourth-order valence-corrected chi connectivity index (χ4v) is 1.68. The zero-order chi connectivity index (χ0) is 9.80. The molecule has 0 bridgehead atoms. The van der Waals surface area contributed by atoms with Gasteiger partial charge in [-0.1, -0.05) is 35.9 Å². The summed E-state index contributed by atoms with van der Waals surface area (Å²) in [6.45, 7) is 1.47. The minimum absolute atomic E-state index is 0.291. The van der Waals surface area contributed by atoms with Crippen LogP contribution < -0.4 is 10.1 Å². The number of hydrogen-bond acceptors (Lipinski definition) is 2. The Morgan fingerprint density at radius 3 is 3.21 bits per heavy atom. The maximum atomic E-state index is 5.52. The van der Waals surface area contributed by atoms with Crippen LogP contribution in [0.3, 0.4) is 0 Å². The minimum Gasteiger partial charge on any atom is -0.491 e. The molecule has 0 aliphatic carbocycles. The van der Waals surface area contributed by atoms with Gasteiger partial charge in [0.05, 0.1) is 6.04 Å². The van der Waals surface area contributed by atoms with Crippen LogP contribution in [0.4, 0.5) is 0 Å². The molecule has 1 atom stereocenters. The molecule has 1 aromatic carbocycles. The van der Waals surface area contributed by atoms with E-state index in [1.165, 1.54) is 11.1 Å². The molecule has 2 nitrogen and oxygen atoms in total. The SMILES string of the molecule is Cl/C=C/CNC1COc2ccccc21. The molecular formula is C11H12ClNO. The number of benzene rings is 1. The highest BCUT2D eigenvalue weighted by Gasteiger charge is 2.21. The van der Waals surface area contributed by atoms with E-state index in [0.29, 0.717) is 12.6 Å². The molecule has 2 rings (SSSR count). The molecule has 0 amide bonds. The molecule has 0 aromatic heterocycles. The van der Waals surface area contributed by atoms with Gasteiger partial charge in [-0.15, -0.1) is 0 Å². The molecule has 1 aromatic rings. The van der Waals surface area contributed by atoms with Gasteiger partial charge in [-0.2, -0.15) is 0 Å². The number of para-hydroxylation sites is 1. The second-order valence-corrected chi connectivity index (χ2v) is 3.42. The van der Waals surface area contributed by atoms with Crippen LogP contribution >= 0.6 is 11.6 Å². The Kier molecular flexibility index (Phi) is 3.07. The zero-order valence-electron chi connectivity index (χ0n) is 7.74. The summed E-state index contributed by atoms with van der Waals surface area (Å²) < 4.78 is 5.52. The first-order chi connectivity index (χ1) is 6.92. The third kappa shape index (κ3) is 1.91. The highest BCUT2D eigenvalue weighted by molar-refractivity contribution is 6.25. The number of ether oxygens (including phenoxy) is 1. The molecule has 14 heavy (non-hydrogen) atoms. The van der Waals surface area contributed by atoms with Crippen molar-refractivity contribution in [2.75, 3.05) is 13.2 Å². The van der Waals surface area contributed by atoms with Crippen LogP contribution in [0.2, 0.25) is 0 Å². The van der Waals surface area contributed by atoms with Crippen molar-refractivity contribution in [2.45, 2.75) is 6.04 Å². The van der Waals surface area contributed by atoms with Gasteiger partial charge in [-0.25, -0.2) is 0 Å². The first-order valence-electron chi connectivity index (χ1n) is 4.62. The average molecular weight is 210 g/mol. The number of fused-ring (bicyclic) bond motifs is 1. The van der Waals surface area contributed by atoms with Crippen LogP contribution in [0.15, 0.2) is 35.9 Å². The first-order valence-corrected chi connectivity index (χ1v) is 5.06. The summed E-state index contributed by atoms with van der Waals surface area (Å²) in [5.74, 6) is 0.986. The molecule has 0 fully saturated rings. The predicted octanol–water partition coefficient (Wildman–Crippen LogP) is 2.46. The van der Waals surface area contributed by atoms with E-state index in [2.05, 4.69) is 11.4 Å². The van der Waals surface area contributed by atoms with Crippen molar-refractivity contribution < 1.29 is 4.74 Å². The van der Waals surface area contributed by atoms with E-state index in [1.54, 1.807) is 0 Å². The standard InChI is InChI=1S/C11H12ClNO/c12-6-3-7-13-10-8-14-11-5-2-1-4-9(10)11/h1-6,10,13H,7-8H2/b6-3+.